The summed E-state index contributed by atoms with van der Waals surface area (Å²) in [5, 5.41) is 0. The van der Waals surface area contributed by atoms with Crippen LogP contribution in [0.2, 0.25) is 0 Å². The third-order valence-corrected chi connectivity index (χ3v) is 4.57. The van der Waals surface area contributed by atoms with E-state index in [0.29, 0.717) is 11.7 Å². The fraction of sp³-hybridized carbons (Fsp3) is 0.900. The molecule has 4 bridgehead atoms. The first-order valence-electron chi connectivity index (χ1n) is 4.94. The number of ketones is 1. The molecular weight excluding hydrogens is 168 g/mol. The molecule has 4 rings (SSSR count). The number of hydrogen-bond acceptors (Lipinski definition) is 2. The Morgan fingerprint density at radius 2 is 1.75 bits per heavy atom. The summed E-state index contributed by atoms with van der Waals surface area (Å²) in [6.07, 6.45) is 5.88. The Bertz CT molecular complexity index is 234. The molecule has 0 amide bonds. The maximum Gasteiger partial charge on any atom is 0.151 e. The molecule has 2 heteroatoms. The summed E-state index contributed by atoms with van der Waals surface area (Å²) in [4.78, 5) is 11.8. The average Bonchev–Trinajstić information content (AvgIpc) is 1.98. The van der Waals surface area contributed by atoms with Crippen LogP contribution in [0, 0.1) is 17.8 Å². The van der Waals surface area contributed by atoms with Crippen LogP contribution in [0.25, 0.3) is 0 Å². The van der Waals surface area contributed by atoms with E-state index < -0.39 is 0 Å². The zero-order valence-electron chi connectivity index (χ0n) is 7.12. The highest BCUT2D eigenvalue weighted by Crippen LogP contribution is 2.56. The van der Waals surface area contributed by atoms with Crippen LogP contribution in [0.5, 0.6) is 0 Å². The van der Waals surface area contributed by atoms with Crippen molar-refractivity contribution in [2.24, 2.45) is 17.8 Å². The van der Waals surface area contributed by atoms with Crippen molar-refractivity contribution in [3.63, 3.8) is 0 Å². The summed E-state index contributed by atoms with van der Waals surface area (Å²) in [6, 6.07) is 0. The smallest absolute Gasteiger partial charge is 0.151 e. The van der Waals surface area contributed by atoms with E-state index >= 15 is 0 Å². The molecule has 4 aliphatic rings. The van der Waals surface area contributed by atoms with Gasteiger partial charge in [-0.15, -0.1) is 0 Å². The van der Waals surface area contributed by atoms with E-state index in [2.05, 4.69) is 12.6 Å². The Kier molecular flexibility index (Phi) is 1.29. The number of Topliss-reactive ketones (excluding diaryl/α,β-unsaturated/α-hetero) is 1. The minimum atomic E-state index is -0.186. The van der Waals surface area contributed by atoms with Crippen molar-refractivity contribution in [2.45, 2.75) is 36.9 Å². The Labute approximate surface area is 78.3 Å². The lowest BCUT2D eigenvalue weighted by Gasteiger charge is -2.53. The topological polar surface area (TPSA) is 17.1 Å². The predicted octanol–water partition coefficient (Wildman–Crippen LogP) is 2.06. The number of carbonyl (C=O) groups is 1. The van der Waals surface area contributed by atoms with Crippen molar-refractivity contribution in [1.29, 1.82) is 0 Å². The van der Waals surface area contributed by atoms with Gasteiger partial charge < -0.3 is 0 Å². The van der Waals surface area contributed by atoms with Crippen molar-refractivity contribution in [3.8, 4) is 0 Å². The highest BCUT2D eigenvalue weighted by Gasteiger charge is 2.54. The van der Waals surface area contributed by atoms with E-state index in [1.165, 1.54) is 19.3 Å². The van der Waals surface area contributed by atoms with Gasteiger partial charge in [0.25, 0.3) is 0 Å². The van der Waals surface area contributed by atoms with E-state index in [9.17, 15) is 4.79 Å². The standard InChI is InChI=1S/C10H14OS/c11-9-8-2-6-1-7(3-8)5-10(9,12)4-6/h6-8,12H,1-5H2. The molecule has 0 spiro atoms. The van der Waals surface area contributed by atoms with E-state index in [1.54, 1.807) is 0 Å². The largest absolute Gasteiger partial charge is 0.298 e. The van der Waals surface area contributed by atoms with E-state index in [-0.39, 0.29) is 4.75 Å². The molecule has 0 aromatic rings. The Balaban J connectivity index is 2.02. The Hall–Kier alpha value is 0.0200. The molecule has 0 aromatic carbocycles. The number of rotatable bonds is 0. The minimum absolute atomic E-state index is 0.186. The molecule has 1 nitrogen and oxygen atoms in total. The first kappa shape index (κ1) is 7.43. The van der Waals surface area contributed by atoms with Gasteiger partial charge in [0.15, 0.2) is 5.78 Å². The van der Waals surface area contributed by atoms with Crippen molar-refractivity contribution in [2.75, 3.05) is 0 Å². The maximum absolute atomic E-state index is 11.8. The Morgan fingerprint density at radius 3 is 2.25 bits per heavy atom. The fourth-order valence-corrected chi connectivity index (χ4v) is 4.43. The lowest BCUT2D eigenvalue weighted by Crippen LogP contribution is -2.54. The fourth-order valence-electron chi connectivity index (χ4n) is 3.73. The van der Waals surface area contributed by atoms with Gasteiger partial charge in [-0.2, -0.15) is 12.6 Å². The van der Waals surface area contributed by atoms with Gasteiger partial charge >= 0.3 is 0 Å². The van der Waals surface area contributed by atoms with Gasteiger partial charge in [-0.25, -0.2) is 0 Å². The highest BCUT2D eigenvalue weighted by atomic mass is 32.1. The van der Waals surface area contributed by atoms with E-state index in [4.69, 9.17) is 0 Å². The van der Waals surface area contributed by atoms with Crippen LogP contribution in [0.15, 0.2) is 0 Å². The highest BCUT2D eigenvalue weighted by molar-refractivity contribution is 7.82. The molecular formula is C10H14OS. The van der Waals surface area contributed by atoms with Crippen LogP contribution in [0.4, 0.5) is 0 Å². The van der Waals surface area contributed by atoms with Gasteiger partial charge in [0.1, 0.15) is 0 Å². The van der Waals surface area contributed by atoms with Crippen LogP contribution in [-0.4, -0.2) is 10.5 Å². The second kappa shape index (κ2) is 2.09. The molecule has 2 unspecified atom stereocenters. The summed E-state index contributed by atoms with van der Waals surface area (Å²) in [6.45, 7) is 0. The molecule has 2 atom stereocenters. The third-order valence-electron chi connectivity index (χ3n) is 3.98. The third kappa shape index (κ3) is 0.795. The van der Waals surface area contributed by atoms with Gasteiger partial charge in [-0.05, 0) is 43.9 Å². The van der Waals surface area contributed by atoms with Crippen molar-refractivity contribution in [3.05, 3.63) is 0 Å². The molecule has 0 aromatic heterocycles. The van der Waals surface area contributed by atoms with Gasteiger partial charge in [0, 0.05) is 5.92 Å². The number of thiol groups is 1. The minimum Gasteiger partial charge on any atom is -0.298 e. The van der Waals surface area contributed by atoms with Crippen LogP contribution in [0.1, 0.15) is 32.1 Å². The Morgan fingerprint density at radius 1 is 1.17 bits per heavy atom. The van der Waals surface area contributed by atoms with Gasteiger partial charge in [0.2, 0.25) is 0 Å². The van der Waals surface area contributed by atoms with Gasteiger partial charge in [0.05, 0.1) is 4.75 Å². The van der Waals surface area contributed by atoms with E-state index in [0.717, 1.165) is 24.7 Å². The molecule has 4 saturated carbocycles. The summed E-state index contributed by atoms with van der Waals surface area (Å²) < 4.78 is -0.186. The number of carbonyl (C=O) groups excluding carboxylic acids is 1. The first-order chi connectivity index (χ1) is 5.67. The summed E-state index contributed by atoms with van der Waals surface area (Å²) in [7, 11) is 0. The molecule has 4 fully saturated rings. The molecule has 0 aliphatic heterocycles. The van der Waals surface area contributed by atoms with Crippen molar-refractivity contribution < 1.29 is 4.79 Å². The lowest BCUT2D eigenvalue weighted by molar-refractivity contribution is -0.136. The SMILES string of the molecule is O=C1C2CC3CC(C2)CC1(S)C3. The molecule has 12 heavy (non-hydrogen) atoms. The summed E-state index contributed by atoms with van der Waals surface area (Å²) in [5.74, 6) is 2.53. The molecule has 4 aliphatic carbocycles. The van der Waals surface area contributed by atoms with Gasteiger partial charge in [-0.3, -0.25) is 4.79 Å². The number of hydrogen-bond donors (Lipinski definition) is 1. The molecule has 66 valence electrons. The monoisotopic (exact) mass is 182 g/mol. The van der Waals surface area contributed by atoms with Crippen molar-refractivity contribution >= 4 is 18.4 Å². The maximum atomic E-state index is 11.8. The van der Waals surface area contributed by atoms with Crippen LogP contribution in [0.3, 0.4) is 0 Å². The zero-order chi connectivity index (χ0) is 8.34. The molecule has 0 heterocycles. The quantitative estimate of drug-likeness (QED) is 0.567. The zero-order valence-corrected chi connectivity index (χ0v) is 8.02. The van der Waals surface area contributed by atoms with Crippen LogP contribution >= 0.6 is 12.6 Å². The average molecular weight is 182 g/mol. The normalized spacial score (nSPS) is 56.4. The molecule has 0 radical (unpaired) electrons. The second-order valence-electron chi connectivity index (χ2n) is 4.94. The summed E-state index contributed by atoms with van der Waals surface area (Å²) in [5.41, 5.74) is 0. The van der Waals surface area contributed by atoms with Crippen LogP contribution < -0.4 is 0 Å². The van der Waals surface area contributed by atoms with Crippen LogP contribution in [-0.2, 0) is 4.79 Å². The molecule has 0 saturated heterocycles. The predicted molar refractivity (Wildman–Crippen MR) is 50.3 cm³/mol. The summed E-state index contributed by atoms with van der Waals surface area (Å²) >= 11 is 4.60. The van der Waals surface area contributed by atoms with Crippen molar-refractivity contribution in [1.82, 2.24) is 0 Å². The van der Waals surface area contributed by atoms with E-state index in [1.807, 2.05) is 0 Å². The second-order valence-corrected chi connectivity index (χ2v) is 5.80. The van der Waals surface area contributed by atoms with Gasteiger partial charge in [-0.1, -0.05) is 0 Å². The molecule has 0 N–H and O–H groups in total. The lowest BCUT2D eigenvalue weighted by atomic mass is 9.55. The first-order valence-corrected chi connectivity index (χ1v) is 5.39.